The van der Waals surface area contributed by atoms with Crippen LogP contribution in [0.15, 0.2) is 4.52 Å². The number of nitrogens with zero attached hydrogens (tertiary/aromatic N) is 4. The van der Waals surface area contributed by atoms with Gasteiger partial charge in [0.25, 0.3) is 0 Å². The van der Waals surface area contributed by atoms with E-state index < -0.39 is 0 Å². The van der Waals surface area contributed by atoms with Crippen molar-refractivity contribution in [2.45, 2.75) is 46.6 Å². The van der Waals surface area contributed by atoms with Gasteiger partial charge in [0, 0.05) is 45.8 Å². The zero-order valence-corrected chi connectivity index (χ0v) is 13.7. The maximum Gasteiger partial charge on any atom is 0.225 e. The van der Waals surface area contributed by atoms with E-state index in [1.165, 1.54) is 0 Å². The maximum atomic E-state index is 12.1. The number of hydrogen-bond acceptors (Lipinski definition) is 5. The van der Waals surface area contributed by atoms with Crippen LogP contribution in [0.25, 0.3) is 0 Å². The first-order valence-corrected chi connectivity index (χ1v) is 7.73. The van der Waals surface area contributed by atoms with Crippen molar-refractivity contribution in [2.75, 3.05) is 19.6 Å². The number of aromatic nitrogens is 2. The van der Waals surface area contributed by atoms with E-state index >= 15 is 0 Å². The van der Waals surface area contributed by atoms with E-state index in [2.05, 4.69) is 10.1 Å². The van der Waals surface area contributed by atoms with Crippen LogP contribution in [-0.4, -0.2) is 57.4 Å². The van der Waals surface area contributed by atoms with Crippen molar-refractivity contribution >= 4 is 11.8 Å². The van der Waals surface area contributed by atoms with Gasteiger partial charge in [0.05, 0.1) is 6.04 Å². The molecule has 1 atom stereocenters. The predicted molar refractivity (Wildman–Crippen MR) is 79.9 cm³/mol. The third-order valence-electron chi connectivity index (χ3n) is 3.96. The van der Waals surface area contributed by atoms with Gasteiger partial charge in [0.15, 0.2) is 5.82 Å². The van der Waals surface area contributed by atoms with Gasteiger partial charge >= 0.3 is 0 Å². The summed E-state index contributed by atoms with van der Waals surface area (Å²) in [7, 11) is 0. The average molecular weight is 308 g/mol. The molecule has 2 amide bonds. The zero-order chi connectivity index (χ0) is 16.3. The summed E-state index contributed by atoms with van der Waals surface area (Å²) in [5, 5.41) is 3.85. The van der Waals surface area contributed by atoms with Gasteiger partial charge in [0.1, 0.15) is 0 Å². The second kappa shape index (κ2) is 6.89. The van der Waals surface area contributed by atoms with Crippen molar-refractivity contribution in [2.24, 2.45) is 5.92 Å². The number of carbonyl (C=O) groups excluding carboxylic acids is 2. The van der Waals surface area contributed by atoms with Gasteiger partial charge in [-0.05, 0) is 6.42 Å². The molecular weight excluding hydrogens is 284 g/mol. The van der Waals surface area contributed by atoms with Gasteiger partial charge in [-0.2, -0.15) is 4.98 Å². The van der Waals surface area contributed by atoms with E-state index in [4.69, 9.17) is 4.52 Å². The third-order valence-corrected chi connectivity index (χ3v) is 3.96. The lowest BCUT2D eigenvalue weighted by Gasteiger charge is -2.28. The van der Waals surface area contributed by atoms with Gasteiger partial charge in [0.2, 0.25) is 17.7 Å². The van der Waals surface area contributed by atoms with E-state index in [1.807, 2.05) is 23.6 Å². The van der Waals surface area contributed by atoms with Gasteiger partial charge in [-0.15, -0.1) is 0 Å². The molecule has 0 N–H and O–H groups in total. The number of amides is 2. The van der Waals surface area contributed by atoms with Crippen molar-refractivity contribution in [1.29, 1.82) is 0 Å². The van der Waals surface area contributed by atoms with Crippen molar-refractivity contribution in [3.63, 3.8) is 0 Å². The lowest BCUT2D eigenvalue weighted by Crippen LogP contribution is -2.43. The molecule has 22 heavy (non-hydrogen) atoms. The number of rotatable bonds is 5. The molecule has 1 aromatic heterocycles. The van der Waals surface area contributed by atoms with Crippen LogP contribution in [0.3, 0.4) is 0 Å². The zero-order valence-electron chi connectivity index (χ0n) is 13.7. The molecule has 2 heterocycles. The van der Waals surface area contributed by atoms with Crippen LogP contribution in [0.5, 0.6) is 0 Å². The van der Waals surface area contributed by atoms with Crippen molar-refractivity contribution < 1.29 is 14.1 Å². The minimum Gasteiger partial charge on any atom is -0.340 e. The molecule has 1 saturated heterocycles. The summed E-state index contributed by atoms with van der Waals surface area (Å²) in [5.41, 5.74) is 0. The summed E-state index contributed by atoms with van der Waals surface area (Å²) < 4.78 is 4.94. The first-order valence-electron chi connectivity index (χ1n) is 7.73. The molecule has 1 aliphatic rings. The maximum absolute atomic E-state index is 12.1. The molecule has 0 aliphatic carbocycles. The largest absolute Gasteiger partial charge is 0.340 e. The van der Waals surface area contributed by atoms with E-state index in [1.54, 1.807) is 13.8 Å². The highest BCUT2D eigenvalue weighted by atomic mass is 16.5. The lowest BCUT2D eigenvalue weighted by molar-refractivity contribution is -0.135. The Morgan fingerprint density at radius 1 is 1.45 bits per heavy atom. The van der Waals surface area contributed by atoms with Gasteiger partial charge < -0.3 is 14.3 Å². The predicted octanol–water partition coefficient (Wildman–Crippen LogP) is 1.03. The minimum absolute atomic E-state index is 0.00756. The third kappa shape index (κ3) is 3.84. The Kier molecular flexibility index (Phi) is 5.15. The topological polar surface area (TPSA) is 79.5 Å². The second-order valence-corrected chi connectivity index (χ2v) is 6.07. The fraction of sp³-hybridized carbons (Fsp3) is 0.733. The first-order chi connectivity index (χ1) is 10.4. The number of hydrogen-bond donors (Lipinski definition) is 0. The minimum atomic E-state index is -0.00756. The number of carbonyl (C=O) groups is 2. The van der Waals surface area contributed by atoms with Crippen LogP contribution in [0, 0.1) is 12.8 Å². The molecule has 0 radical (unpaired) electrons. The fourth-order valence-electron chi connectivity index (χ4n) is 2.82. The fourth-order valence-corrected chi connectivity index (χ4v) is 2.82. The second-order valence-electron chi connectivity index (χ2n) is 6.07. The molecular formula is C15H24N4O3. The number of likely N-dealkylation sites (tertiary alicyclic amines) is 1. The Morgan fingerprint density at radius 3 is 2.73 bits per heavy atom. The van der Waals surface area contributed by atoms with Crippen LogP contribution >= 0.6 is 0 Å². The molecule has 2 rings (SSSR count). The standard InChI is InChI=1S/C15H24N4O3/c1-10(2)15(21)18-7-5-13(9-18)19(12(4)20)8-6-14-16-11(3)22-17-14/h10,13H,5-9H2,1-4H3. The van der Waals surface area contributed by atoms with Crippen LogP contribution in [0.1, 0.15) is 38.9 Å². The van der Waals surface area contributed by atoms with Gasteiger partial charge in [-0.25, -0.2) is 0 Å². The highest BCUT2D eigenvalue weighted by Crippen LogP contribution is 2.18. The molecule has 7 heteroatoms. The SMILES string of the molecule is CC(=O)N(CCc1noc(C)n1)C1CCN(C(=O)C(C)C)C1. The monoisotopic (exact) mass is 308 g/mol. The van der Waals surface area contributed by atoms with Crippen molar-refractivity contribution in [3.8, 4) is 0 Å². The Balaban J connectivity index is 1.94. The van der Waals surface area contributed by atoms with Gasteiger partial charge in [-0.3, -0.25) is 9.59 Å². The van der Waals surface area contributed by atoms with Crippen molar-refractivity contribution in [3.05, 3.63) is 11.7 Å². The summed E-state index contributed by atoms with van der Waals surface area (Å²) in [6.45, 7) is 8.98. The van der Waals surface area contributed by atoms with Crippen LogP contribution in [0.4, 0.5) is 0 Å². The van der Waals surface area contributed by atoms with Crippen molar-refractivity contribution in [1.82, 2.24) is 19.9 Å². The summed E-state index contributed by atoms with van der Waals surface area (Å²) in [4.78, 5) is 31.8. The molecule has 1 unspecified atom stereocenters. The first kappa shape index (κ1) is 16.5. The Bertz CT molecular complexity index is 541. The van der Waals surface area contributed by atoms with Crippen LogP contribution in [-0.2, 0) is 16.0 Å². The quantitative estimate of drug-likeness (QED) is 0.811. The summed E-state index contributed by atoms with van der Waals surface area (Å²) in [6, 6.07) is 0.0770. The van der Waals surface area contributed by atoms with E-state index in [-0.39, 0.29) is 23.8 Å². The molecule has 0 spiro atoms. The van der Waals surface area contributed by atoms with E-state index in [9.17, 15) is 9.59 Å². The van der Waals surface area contributed by atoms with Crippen LogP contribution < -0.4 is 0 Å². The molecule has 0 aromatic carbocycles. The molecule has 7 nitrogen and oxygen atoms in total. The summed E-state index contributed by atoms with van der Waals surface area (Å²) >= 11 is 0. The average Bonchev–Trinajstić information content (AvgIpc) is 3.07. The van der Waals surface area contributed by atoms with Gasteiger partial charge in [-0.1, -0.05) is 19.0 Å². The van der Waals surface area contributed by atoms with E-state index in [0.717, 1.165) is 6.42 Å². The molecule has 0 bridgehead atoms. The summed E-state index contributed by atoms with van der Waals surface area (Å²) in [5.74, 6) is 1.30. The van der Waals surface area contributed by atoms with Crippen LogP contribution in [0.2, 0.25) is 0 Å². The highest BCUT2D eigenvalue weighted by Gasteiger charge is 2.32. The lowest BCUT2D eigenvalue weighted by atomic mass is 10.2. The smallest absolute Gasteiger partial charge is 0.225 e. The number of aryl methyl sites for hydroxylation is 1. The molecule has 0 saturated carbocycles. The van der Waals surface area contributed by atoms with E-state index in [0.29, 0.717) is 37.8 Å². The normalized spacial score (nSPS) is 18.0. The highest BCUT2D eigenvalue weighted by molar-refractivity contribution is 5.79. The molecule has 1 aliphatic heterocycles. The Morgan fingerprint density at radius 2 is 2.18 bits per heavy atom. The molecule has 1 aromatic rings. The molecule has 122 valence electrons. The summed E-state index contributed by atoms with van der Waals surface area (Å²) in [6.07, 6.45) is 1.38. The Hall–Kier alpha value is -1.92. The Labute approximate surface area is 130 Å². The molecule has 1 fully saturated rings.